The summed E-state index contributed by atoms with van der Waals surface area (Å²) in [5.74, 6) is 2.55. The Balaban J connectivity index is 0.00000242. The highest BCUT2D eigenvalue weighted by molar-refractivity contribution is 5.85. The lowest BCUT2D eigenvalue weighted by Gasteiger charge is -2.12. The molecule has 0 spiro atoms. The quantitative estimate of drug-likeness (QED) is 0.669. The average molecular weight is 326 g/mol. The van der Waals surface area contributed by atoms with Crippen molar-refractivity contribution < 1.29 is 13.9 Å². The van der Waals surface area contributed by atoms with Gasteiger partial charge in [-0.15, -0.1) is 12.4 Å². The number of ether oxygens (including phenoxy) is 2. The summed E-state index contributed by atoms with van der Waals surface area (Å²) in [6.07, 6.45) is 3.86. The fourth-order valence-corrected chi connectivity index (χ4v) is 1.87. The van der Waals surface area contributed by atoms with Crippen LogP contribution in [0, 0.1) is 0 Å². The molecule has 2 aromatic rings. The molecule has 0 aliphatic rings. The first-order valence-electron chi connectivity index (χ1n) is 7.48. The van der Waals surface area contributed by atoms with Crippen LogP contribution in [0.3, 0.4) is 0 Å². The second kappa shape index (κ2) is 11.0. The number of halogens is 1. The molecule has 22 heavy (non-hydrogen) atoms. The van der Waals surface area contributed by atoms with E-state index in [4.69, 9.17) is 13.9 Å². The van der Waals surface area contributed by atoms with Gasteiger partial charge in [-0.05, 0) is 30.7 Å². The SMILES string of the molecule is CCCCOc1ccccc1OCCNCc1ccco1.Cl. The van der Waals surface area contributed by atoms with E-state index < -0.39 is 0 Å². The van der Waals surface area contributed by atoms with Gasteiger partial charge >= 0.3 is 0 Å². The van der Waals surface area contributed by atoms with Crippen LogP contribution in [0.4, 0.5) is 0 Å². The van der Waals surface area contributed by atoms with Gasteiger partial charge < -0.3 is 19.2 Å². The van der Waals surface area contributed by atoms with Crippen LogP contribution in [-0.2, 0) is 6.54 Å². The summed E-state index contributed by atoms with van der Waals surface area (Å²) in [5.41, 5.74) is 0. The van der Waals surface area contributed by atoms with Gasteiger partial charge in [0.05, 0.1) is 19.4 Å². The maximum absolute atomic E-state index is 5.77. The highest BCUT2D eigenvalue weighted by Crippen LogP contribution is 2.26. The molecule has 0 fully saturated rings. The number of rotatable bonds is 10. The van der Waals surface area contributed by atoms with Crippen LogP contribution in [0.2, 0.25) is 0 Å². The monoisotopic (exact) mass is 325 g/mol. The molecule has 1 aromatic heterocycles. The Labute approximate surface area is 138 Å². The summed E-state index contributed by atoms with van der Waals surface area (Å²) in [4.78, 5) is 0. The van der Waals surface area contributed by atoms with Crippen molar-refractivity contribution in [2.45, 2.75) is 26.3 Å². The predicted molar refractivity (Wildman–Crippen MR) is 90.0 cm³/mol. The number of hydrogen-bond acceptors (Lipinski definition) is 4. The van der Waals surface area contributed by atoms with Gasteiger partial charge in [0.1, 0.15) is 12.4 Å². The van der Waals surface area contributed by atoms with Gasteiger partial charge in [0.25, 0.3) is 0 Å². The van der Waals surface area contributed by atoms with Crippen molar-refractivity contribution in [3.8, 4) is 11.5 Å². The van der Waals surface area contributed by atoms with Crippen LogP contribution in [0.15, 0.2) is 47.1 Å². The third-order valence-corrected chi connectivity index (χ3v) is 3.02. The van der Waals surface area contributed by atoms with Crippen molar-refractivity contribution in [1.29, 1.82) is 0 Å². The zero-order chi connectivity index (χ0) is 14.8. The molecular formula is C17H24ClNO3. The number of para-hydroxylation sites is 2. The lowest BCUT2D eigenvalue weighted by molar-refractivity contribution is 0.263. The lowest BCUT2D eigenvalue weighted by atomic mass is 10.3. The summed E-state index contributed by atoms with van der Waals surface area (Å²) in [7, 11) is 0. The van der Waals surface area contributed by atoms with E-state index in [-0.39, 0.29) is 12.4 Å². The first-order chi connectivity index (χ1) is 10.4. The van der Waals surface area contributed by atoms with E-state index in [0.717, 1.165) is 43.3 Å². The Bertz CT molecular complexity index is 502. The van der Waals surface area contributed by atoms with Crippen LogP contribution >= 0.6 is 12.4 Å². The fourth-order valence-electron chi connectivity index (χ4n) is 1.87. The van der Waals surface area contributed by atoms with Crippen LogP contribution < -0.4 is 14.8 Å². The molecular weight excluding hydrogens is 302 g/mol. The highest BCUT2D eigenvalue weighted by Gasteiger charge is 2.03. The third-order valence-electron chi connectivity index (χ3n) is 3.02. The largest absolute Gasteiger partial charge is 0.490 e. The molecule has 0 unspecified atom stereocenters. The van der Waals surface area contributed by atoms with Crippen molar-refractivity contribution in [3.63, 3.8) is 0 Å². The third kappa shape index (κ3) is 6.41. The summed E-state index contributed by atoms with van der Waals surface area (Å²) in [5, 5.41) is 3.27. The summed E-state index contributed by atoms with van der Waals surface area (Å²) in [6.45, 7) is 4.94. The smallest absolute Gasteiger partial charge is 0.161 e. The molecule has 1 N–H and O–H groups in total. The summed E-state index contributed by atoms with van der Waals surface area (Å²) in [6, 6.07) is 11.6. The van der Waals surface area contributed by atoms with Gasteiger partial charge in [0, 0.05) is 6.54 Å². The normalized spacial score (nSPS) is 10.0. The van der Waals surface area contributed by atoms with E-state index in [1.54, 1.807) is 6.26 Å². The highest BCUT2D eigenvalue weighted by atomic mass is 35.5. The molecule has 1 heterocycles. The number of benzene rings is 1. The minimum Gasteiger partial charge on any atom is -0.490 e. The van der Waals surface area contributed by atoms with Gasteiger partial charge in [-0.3, -0.25) is 0 Å². The first-order valence-corrected chi connectivity index (χ1v) is 7.48. The van der Waals surface area contributed by atoms with E-state index in [2.05, 4.69) is 12.2 Å². The molecule has 1 aromatic carbocycles. The minimum absolute atomic E-state index is 0. The molecule has 0 saturated carbocycles. The Hall–Kier alpha value is -1.65. The van der Waals surface area contributed by atoms with Gasteiger partial charge in [-0.25, -0.2) is 0 Å². The maximum atomic E-state index is 5.77. The Morgan fingerprint density at radius 2 is 1.73 bits per heavy atom. The van der Waals surface area contributed by atoms with E-state index in [9.17, 15) is 0 Å². The number of hydrogen-bond donors (Lipinski definition) is 1. The van der Waals surface area contributed by atoms with Crippen molar-refractivity contribution in [2.75, 3.05) is 19.8 Å². The second-order valence-corrected chi connectivity index (χ2v) is 4.75. The van der Waals surface area contributed by atoms with Crippen molar-refractivity contribution >= 4 is 12.4 Å². The van der Waals surface area contributed by atoms with Gasteiger partial charge in [-0.1, -0.05) is 25.5 Å². The average Bonchev–Trinajstić information content (AvgIpc) is 3.02. The van der Waals surface area contributed by atoms with Crippen LogP contribution in [0.1, 0.15) is 25.5 Å². The van der Waals surface area contributed by atoms with Crippen LogP contribution in [-0.4, -0.2) is 19.8 Å². The molecule has 0 atom stereocenters. The predicted octanol–water partition coefficient (Wildman–Crippen LogP) is 4.05. The summed E-state index contributed by atoms with van der Waals surface area (Å²) < 4.78 is 16.8. The standard InChI is InChI=1S/C17H23NO3.ClH/c1-2-3-11-20-16-8-4-5-9-17(16)21-13-10-18-14-15-7-6-12-19-15;/h4-9,12,18H,2-3,10-11,13-14H2,1H3;1H. The zero-order valence-corrected chi connectivity index (χ0v) is 13.7. The molecule has 0 aliphatic heterocycles. The van der Waals surface area contributed by atoms with Crippen LogP contribution in [0.25, 0.3) is 0 Å². The molecule has 4 nitrogen and oxygen atoms in total. The minimum atomic E-state index is 0. The zero-order valence-electron chi connectivity index (χ0n) is 12.9. The number of nitrogens with one attached hydrogen (secondary N) is 1. The molecule has 0 radical (unpaired) electrons. The molecule has 0 amide bonds. The Kier molecular flexibility index (Phi) is 9.19. The summed E-state index contributed by atoms with van der Waals surface area (Å²) >= 11 is 0. The van der Waals surface area contributed by atoms with Crippen LogP contribution in [0.5, 0.6) is 11.5 Å². The maximum Gasteiger partial charge on any atom is 0.161 e. The first kappa shape index (κ1) is 18.4. The molecule has 2 rings (SSSR count). The molecule has 5 heteroatoms. The second-order valence-electron chi connectivity index (χ2n) is 4.75. The van der Waals surface area contributed by atoms with Crippen molar-refractivity contribution in [3.05, 3.63) is 48.4 Å². The fraction of sp³-hybridized carbons (Fsp3) is 0.412. The van der Waals surface area contributed by atoms with Gasteiger partial charge in [-0.2, -0.15) is 0 Å². The topological polar surface area (TPSA) is 43.6 Å². The van der Waals surface area contributed by atoms with Gasteiger partial charge in [0.2, 0.25) is 0 Å². The lowest BCUT2D eigenvalue weighted by Crippen LogP contribution is -2.20. The number of unbranched alkanes of at least 4 members (excludes halogenated alkanes) is 1. The molecule has 0 aliphatic carbocycles. The van der Waals surface area contributed by atoms with E-state index in [1.165, 1.54) is 0 Å². The molecule has 0 bridgehead atoms. The van der Waals surface area contributed by atoms with E-state index >= 15 is 0 Å². The molecule has 122 valence electrons. The Morgan fingerprint density at radius 1 is 1.00 bits per heavy atom. The van der Waals surface area contributed by atoms with Gasteiger partial charge in [0.15, 0.2) is 11.5 Å². The van der Waals surface area contributed by atoms with Crippen molar-refractivity contribution in [1.82, 2.24) is 5.32 Å². The number of furan rings is 1. The van der Waals surface area contributed by atoms with E-state index in [1.807, 2.05) is 36.4 Å². The van der Waals surface area contributed by atoms with Crippen molar-refractivity contribution in [2.24, 2.45) is 0 Å². The molecule has 0 saturated heterocycles. The van der Waals surface area contributed by atoms with E-state index in [0.29, 0.717) is 13.2 Å². The Morgan fingerprint density at radius 3 is 2.36 bits per heavy atom.